The molecule has 0 atom stereocenters. The molecule has 0 saturated carbocycles. The molecule has 0 aliphatic rings. The van der Waals surface area contributed by atoms with Gasteiger partial charge in [0.15, 0.2) is 11.6 Å². The summed E-state index contributed by atoms with van der Waals surface area (Å²) in [5.41, 5.74) is 3.66. The van der Waals surface area contributed by atoms with Crippen molar-refractivity contribution in [2.45, 2.75) is 0 Å². The minimum atomic E-state index is -0.492. The summed E-state index contributed by atoms with van der Waals surface area (Å²) in [6.07, 6.45) is 1.35. The number of halogens is 1. The van der Waals surface area contributed by atoms with Crippen molar-refractivity contribution in [2.24, 2.45) is 5.10 Å². The van der Waals surface area contributed by atoms with Gasteiger partial charge in [0.25, 0.3) is 5.91 Å². The van der Waals surface area contributed by atoms with Crippen molar-refractivity contribution in [3.8, 4) is 11.5 Å². The van der Waals surface area contributed by atoms with E-state index in [0.29, 0.717) is 5.56 Å². The fourth-order valence-electron chi connectivity index (χ4n) is 1.87. The standard InChI is InChI=1S/C17H18FN3O3/c1-23-14-6-4-13(5-7-14)19-11-17(22)21-20-10-12-3-8-16(24-2)15(18)9-12/h3-10,19H,11H2,1-2H3,(H,21,22)/b20-10-. The number of methoxy groups -OCH3 is 2. The highest BCUT2D eigenvalue weighted by atomic mass is 19.1. The van der Waals surface area contributed by atoms with Crippen LogP contribution in [0.1, 0.15) is 5.56 Å². The molecule has 0 radical (unpaired) electrons. The van der Waals surface area contributed by atoms with Gasteiger partial charge >= 0.3 is 0 Å². The summed E-state index contributed by atoms with van der Waals surface area (Å²) >= 11 is 0. The Kier molecular flexibility index (Phi) is 6.13. The molecule has 2 N–H and O–H groups in total. The fourth-order valence-corrected chi connectivity index (χ4v) is 1.87. The number of hydrogen-bond acceptors (Lipinski definition) is 5. The normalized spacial score (nSPS) is 10.5. The highest BCUT2D eigenvalue weighted by Crippen LogP contribution is 2.16. The topological polar surface area (TPSA) is 72.0 Å². The van der Waals surface area contributed by atoms with Crippen LogP contribution >= 0.6 is 0 Å². The Morgan fingerprint density at radius 1 is 1.17 bits per heavy atom. The van der Waals surface area contributed by atoms with Crippen LogP contribution < -0.4 is 20.2 Å². The van der Waals surface area contributed by atoms with E-state index in [1.54, 1.807) is 37.4 Å². The van der Waals surface area contributed by atoms with Gasteiger partial charge in [0.1, 0.15) is 5.75 Å². The van der Waals surface area contributed by atoms with E-state index in [2.05, 4.69) is 15.8 Å². The molecule has 2 aromatic carbocycles. The van der Waals surface area contributed by atoms with E-state index in [1.807, 2.05) is 0 Å². The first kappa shape index (κ1) is 17.3. The summed E-state index contributed by atoms with van der Waals surface area (Å²) in [5, 5.41) is 6.74. The highest BCUT2D eigenvalue weighted by Gasteiger charge is 2.02. The van der Waals surface area contributed by atoms with Crippen molar-refractivity contribution in [3.63, 3.8) is 0 Å². The molecular formula is C17H18FN3O3. The number of hydrazone groups is 1. The molecule has 0 heterocycles. The molecule has 2 rings (SSSR count). The van der Waals surface area contributed by atoms with Crippen molar-refractivity contribution in [2.75, 3.05) is 26.1 Å². The summed E-state index contributed by atoms with van der Waals surface area (Å²) in [6.45, 7) is 0.0562. The van der Waals surface area contributed by atoms with E-state index in [-0.39, 0.29) is 18.2 Å². The predicted molar refractivity (Wildman–Crippen MR) is 90.2 cm³/mol. The van der Waals surface area contributed by atoms with E-state index < -0.39 is 5.82 Å². The van der Waals surface area contributed by atoms with Crippen molar-refractivity contribution in [3.05, 3.63) is 53.8 Å². The van der Waals surface area contributed by atoms with Gasteiger partial charge in [-0.05, 0) is 48.0 Å². The maximum absolute atomic E-state index is 13.5. The number of carbonyl (C=O) groups excluding carboxylic acids is 1. The maximum atomic E-state index is 13.5. The molecule has 0 fully saturated rings. The van der Waals surface area contributed by atoms with E-state index in [4.69, 9.17) is 9.47 Å². The van der Waals surface area contributed by atoms with Crippen LogP contribution in [0.3, 0.4) is 0 Å². The summed E-state index contributed by atoms with van der Waals surface area (Å²) < 4.78 is 23.4. The number of amides is 1. The third-order valence-electron chi connectivity index (χ3n) is 3.12. The average molecular weight is 331 g/mol. The van der Waals surface area contributed by atoms with Crippen LogP contribution in [0.4, 0.5) is 10.1 Å². The Balaban J connectivity index is 1.80. The molecule has 7 heteroatoms. The maximum Gasteiger partial charge on any atom is 0.259 e. The Morgan fingerprint density at radius 3 is 2.54 bits per heavy atom. The first-order valence-corrected chi connectivity index (χ1v) is 7.15. The Labute approximate surface area is 139 Å². The lowest BCUT2D eigenvalue weighted by molar-refractivity contribution is -0.119. The van der Waals surface area contributed by atoms with Crippen LogP contribution in [-0.4, -0.2) is 32.9 Å². The summed E-state index contributed by atoms with van der Waals surface area (Å²) in [4.78, 5) is 11.7. The summed E-state index contributed by atoms with van der Waals surface area (Å²) in [5.74, 6) is 0.0752. The van der Waals surface area contributed by atoms with E-state index in [9.17, 15) is 9.18 Å². The average Bonchev–Trinajstić information content (AvgIpc) is 2.60. The van der Waals surface area contributed by atoms with Gasteiger partial charge in [-0.2, -0.15) is 5.10 Å². The van der Waals surface area contributed by atoms with Gasteiger partial charge in [-0.25, -0.2) is 9.82 Å². The van der Waals surface area contributed by atoms with Gasteiger partial charge in [0.05, 0.1) is 27.0 Å². The molecule has 0 aliphatic carbocycles. The molecule has 0 saturated heterocycles. The number of carbonyl (C=O) groups is 1. The van der Waals surface area contributed by atoms with Crippen LogP contribution in [-0.2, 0) is 4.79 Å². The summed E-state index contributed by atoms with van der Waals surface area (Å²) in [7, 11) is 2.98. The van der Waals surface area contributed by atoms with E-state index in [0.717, 1.165) is 11.4 Å². The zero-order valence-corrected chi connectivity index (χ0v) is 13.4. The number of nitrogens with zero attached hydrogens (tertiary/aromatic N) is 1. The lowest BCUT2D eigenvalue weighted by Gasteiger charge is -2.06. The van der Waals surface area contributed by atoms with Crippen LogP contribution in [0, 0.1) is 5.82 Å². The number of nitrogens with one attached hydrogen (secondary N) is 2. The Morgan fingerprint density at radius 2 is 1.92 bits per heavy atom. The Bertz CT molecular complexity index is 718. The molecule has 2 aromatic rings. The smallest absolute Gasteiger partial charge is 0.259 e. The van der Waals surface area contributed by atoms with Gasteiger partial charge in [0, 0.05) is 5.69 Å². The van der Waals surface area contributed by atoms with Gasteiger partial charge < -0.3 is 14.8 Å². The number of anilines is 1. The number of ether oxygens (including phenoxy) is 2. The van der Waals surface area contributed by atoms with Gasteiger partial charge in [0.2, 0.25) is 0 Å². The zero-order chi connectivity index (χ0) is 17.4. The van der Waals surface area contributed by atoms with Gasteiger partial charge in [-0.15, -0.1) is 0 Å². The largest absolute Gasteiger partial charge is 0.497 e. The van der Waals surface area contributed by atoms with Gasteiger partial charge in [-0.1, -0.05) is 0 Å². The van der Waals surface area contributed by atoms with Crippen molar-refractivity contribution in [1.82, 2.24) is 5.43 Å². The second-order valence-corrected chi connectivity index (χ2v) is 4.77. The molecule has 0 aromatic heterocycles. The van der Waals surface area contributed by atoms with Gasteiger partial charge in [-0.3, -0.25) is 4.79 Å². The second kappa shape index (κ2) is 8.52. The molecule has 0 bridgehead atoms. The molecule has 24 heavy (non-hydrogen) atoms. The molecule has 6 nitrogen and oxygen atoms in total. The van der Waals surface area contributed by atoms with E-state index in [1.165, 1.54) is 25.5 Å². The number of rotatable bonds is 7. The molecule has 0 unspecified atom stereocenters. The lowest BCUT2D eigenvalue weighted by Crippen LogP contribution is -2.25. The molecule has 0 spiro atoms. The monoisotopic (exact) mass is 331 g/mol. The van der Waals surface area contributed by atoms with Crippen molar-refractivity contribution >= 4 is 17.8 Å². The third-order valence-corrected chi connectivity index (χ3v) is 3.12. The number of benzene rings is 2. The first-order chi connectivity index (χ1) is 11.6. The minimum absolute atomic E-state index is 0.0562. The summed E-state index contributed by atoms with van der Waals surface area (Å²) in [6, 6.07) is 11.6. The predicted octanol–water partition coefficient (Wildman–Crippen LogP) is 2.41. The highest BCUT2D eigenvalue weighted by molar-refractivity contribution is 5.84. The van der Waals surface area contributed by atoms with Crippen LogP contribution in [0.2, 0.25) is 0 Å². The molecule has 0 aliphatic heterocycles. The van der Waals surface area contributed by atoms with Crippen LogP contribution in [0.5, 0.6) is 11.5 Å². The van der Waals surface area contributed by atoms with Crippen molar-refractivity contribution in [1.29, 1.82) is 0 Å². The third kappa shape index (κ3) is 4.98. The second-order valence-electron chi connectivity index (χ2n) is 4.77. The Hall–Kier alpha value is -3.09. The quantitative estimate of drug-likeness (QED) is 0.604. The fraction of sp³-hybridized carbons (Fsp3) is 0.176. The van der Waals surface area contributed by atoms with Crippen LogP contribution in [0.25, 0.3) is 0 Å². The molecule has 126 valence electrons. The van der Waals surface area contributed by atoms with E-state index >= 15 is 0 Å². The lowest BCUT2D eigenvalue weighted by atomic mass is 10.2. The molecule has 1 amide bonds. The minimum Gasteiger partial charge on any atom is -0.497 e. The zero-order valence-electron chi connectivity index (χ0n) is 13.4. The number of hydrogen-bond donors (Lipinski definition) is 2. The molecular weight excluding hydrogens is 313 g/mol. The SMILES string of the molecule is COc1ccc(NCC(=O)N/N=C\c2ccc(OC)c(F)c2)cc1. The first-order valence-electron chi connectivity index (χ1n) is 7.15. The van der Waals surface area contributed by atoms with Crippen LogP contribution in [0.15, 0.2) is 47.6 Å². The van der Waals surface area contributed by atoms with Crippen molar-refractivity contribution < 1.29 is 18.7 Å².